The fourth-order valence-corrected chi connectivity index (χ4v) is 6.47. The predicted octanol–water partition coefficient (Wildman–Crippen LogP) is 3.78. The summed E-state index contributed by atoms with van der Waals surface area (Å²) < 4.78 is 2.43. The zero-order chi connectivity index (χ0) is 8.48. The number of halogens is 4. The number of rotatable bonds is 1. The van der Waals surface area contributed by atoms with Crippen LogP contribution >= 0.6 is 54.2 Å². The molecule has 0 unspecified atom stereocenters. The number of hydrogen-bond donors (Lipinski definition) is 0. The van der Waals surface area contributed by atoms with Gasteiger partial charge in [-0.15, -0.1) is 0 Å². The molecule has 0 amide bonds. The molecular formula is C6H4Br4Te. The van der Waals surface area contributed by atoms with Crippen molar-refractivity contribution in [2.45, 2.75) is 0 Å². The van der Waals surface area contributed by atoms with Crippen LogP contribution in [0.4, 0.5) is 0 Å². The average Bonchev–Trinajstić information content (AvgIpc) is 1.86. The Bertz CT molecular complexity index is 238. The second-order valence-electron chi connectivity index (χ2n) is 1.86. The molecule has 0 N–H and O–H groups in total. The van der Waals surface area contributed by atoms with E-state index in [1.807, 2.05) is 12.1 Å². The van der Waals surface area contributed by atoms with Gasteiger partial charge in [0, 0.05) is 0 Å². The summed E-state index contributed by atoms with van der Waals surface area (Å²) in [7, 11) is 0. The van der Waals surface area contributed by atoms with Gasteiger partial charge in [-0.3, -0.25) is 0 Å². The van der Waals surface area contributed by atoms with Crippen molar-refractivity contribution in [1.82, 2.24) is 0 Å². The summed E-state index contributed by atoms with van der Waals surface area (Å²) in [5, 5.41) is 0. The SMILES string of the molecule is Brc1ccc([Te](Br)(Br)Br)cc1. The molecule has 5 heteroatoms. The molecule has 0 saturated heterocycles. The van der Waals surface area contributed by atoms with E-state index in [2.05, 4.69) is 66.3 Å². The van der Waals surface area contributed by atoms with E-state index < -0.39 is 11.6 Å². The van der Waals surface area contributed by atoms with Crippen LogP contribution in [0.3, 0.4) is 0 Å². The van der Waals surface area contributed by atoms with Gasteiger partial charge < -0.3 is 0 Å². The molecule has 1 rings (SSSR count). The van der Waals surface area contributed by atoms with E-state index in [0.717, 1.165) is 4.47 Å². The van der Waals surface area contributed by atoms with E-state index in [0.29, 0.717) is 0 Å². The minimum atomic E-state index is -2.13. The zero-order valence-electron chi connectivity index (χ0n) is 5.23. The van der Waals surface area contributed by atoms with E-state index in [9.17, 15) is 0 Å². The molecule has 0 fully saturated rings. The summed E-state index contributed by atoms with van der Waals surface area (Å²) in [6, 6.07) is 8.28. The molecule has 0 nitrogen and oxygen atoms in total. The molecule has 0 bridgehead atoms. The van der Waals surface area contributed by atoms with Gasteiger partial charge in [-0.1, -0.05) is 0 Å². The number of hydrogen-bond acceptors (Lipinski definition) is 0. The Hall–Kier alpha value is 1.93. The van der Waals surface area contributed by atoms with E-state index in [4.69, 9.17) is 0 Å². The Balaban J connectivity index is 2.99. The van der Waals surface area contributed by atoms with Gasteiger partial charge in [-0.2, -0.15) is 0 Å². The predicted molar refractivity (Wildman–Crippen MR) is 66.3 cm³/mol. The molecule has 0 saturated carbocycles. The average molecular weight is 523 g/mol. The van der Waals surface area contributed by atoms with Crippen LogP contribution in [0.25, 0.3) is 0 Å². The van der Waals surface area contributed by atoms with E-state index >= 15 is 0 Å². The molecule has 62 valence electrons. The summed E-state index contributed by atoms with van der Waals surface area (Å²) in [4.78, 5) is 0. The van der Waals surface area contributed by atoms with Crippen LogP contribution in [-0.4, -0.2) is 11.6 Å². The van der Waals surface area contributed by atoms with Gasteiger partial charge >= 0.3 is 98.1 Å². The maximum absolute atomic E-state index is 3.62. The molecule has 0 aromatic heterocycles. The topological polar surface area (TPSA) is 0 Å². The molecule has 0 aliphatic rings. The zero-order valence-corrected chi connectivity index (χ0v) is 13.9. The Morgan fingerprint density at radius 2 is 1.36 bits per heavy atom. The van der Waals surface area contributed by atoms with Gasteiger partial charge in [-0.05, 0) is 0 Å². The van der Waals surface area contributed by atoms with Crippen molar-refractivity contribution < 1.29 is 0 Å². The molecule has 11 heavy (non-hydrogen) atoms. The first kappa shape index (κ1) is 11.0. The van der Waals surface area contributed by atoms with Crippen molar-refractivity contribution in [3.8, 4) is 0 Å². The van der Waals surface area contributed by atoms with Crippen molar-refractivity contribution in [2.24, 2.45) is 0 Å². The van der Waals surface area contributed by atoms with Crippen LogP contribution in [0.5, 0.6) is 0 Å². The van der Waals surface area contributed by atoms with Crippen LogP contribution < -0.4 is 3.61 Å². The first-order valence-corrected chi connectivity index (χ1v) is 20.3. The molecule has 0 spiro atoms. The summed E-state index contributed by atoms with van der Waals surface area (Å²) in [5.74, 6) is 0. The molecule has 0 heterocycles. The van der Waals surface area contributed by atoms with Crippen LogP contribution in [0.15, 0.2) is 28.7 Å². The van der Waals surface area contributed by atoms with Crippen molar-refractivity contribution in [3.05, 3.63) is 28.7 Å². The van der Waals surface area contributed by atoms with Gasteiger partial charge in [0.1, 0.15) is 0 Å². The Labute approximate surface area is 96.4 Å². The molecular weight excluding hydrogens is 519 g/mol. The molecule has 0 radical (unpaired) electrons. The third-order valence-corrected chi connectivity index (χ3v) is 11.4. The van der Waals surface area contributed by atoms with Crippen molar-refractivity contribution in [2.75, 3.05) is 0 Å². The van der Waals surface area contributed by atoms with Crippen LogP contribution in [-0.2, 0) is 0 Å². The minimum absolute atomic E-state index is 1.11. The first-order valence-electron chi connectivity index (χ1n) is 2.68. The third kappa shape index (κ3) is 3.66. The quantitative estimate of drug-likeness (QED) is 0.492. The van der Waals surface area contributed by atoms with E-state index in [1.165, 1.54) is 3.61 Å². The Morgan fingerprint density at radius 1 is 0.909 bits per heavy atom. The fraction of sp³-hybridized carbons (Fsp3) is 0. The van der Waals surface area contributed by atoms with Gasteiger partial charge in [0.05, 0.1) is 0 Å². The first-order chi connectivity index (χ1) is 5.00. The van der Waals surface area contributed by atoms with Crippen molar-refractivity contribution in [3.63, 3.8) is 0 Å². The van der Waals surface area contributed by atoms with Crippen molar-refractivity contribution >= 4 is 69.4 Å². The molecule has 0 aliphatic carbocycles. The fourth-order valence-electron chi connectivity index (χ4n) is 0.589. The second-order valence-corrected chi connectivity index (χ2v) is 43.5. The Morgan fingerprint density at radius 3 is 1.73 bits per heavy atom. The van der Waals surface area contributed by atoms with Gasteiger partial charge in [0.2, 0.25) is 0 Å². The third-order valence-electron chi connectivity index (χ3n) is 1.08. The normalized spacial score (nSPS) is 13.1. The van der Waals surface area contributed by atoms with Gasteiger partial charge in [0.15, 0.2) is 0 Å². The summed E-state index contributed by atoms with van der Waals surface area (Å²) in [6.07, 6.45) is 0. The van der Waals surface area contributed by atoms with E-state index in [-0.39, 0.29) is 0 Å². The summed E-state index contributed by atoms with van der Waals surface area (Å²) in [6.45, 7) is 0. The Kier molecular flexibility index (Phi) is 4.44. The van der Waals surface area contributed by atoms with Crippen LogP contribution in [0.2, 0.25) is 0 Å². The second kappa shape index (κ2) is 4.43. The standard InChI is InChI=1S/C6H4Br4Te/c7-5-1-3-6(4-2-5)11(8,9)10/h1-4H. The van der Waals surface area contributed by atoms with Gasteiger partial charge in [0.25, 0.3) is 0 Å². The molecule has 0 atom stereocenters. The number of benzene rings is 1. The molecule has 1 aromatic carbocycles. The molecule has 0 aliphatic heterocycles. The maximum atomic E-state index is 3.62. The van der Waals surface area contributed by atoms with Crippen LogP contribution in [0.1, 0.15) is 0 Å². The van der Waals surface area contributed by atoms with Crippen LogP contribution in [0, 0.1) is 0 Å². The van der Waals surface area contributed by atoms with Crippen molar-refractivity contribution in [1.29, 1.82) is 0 Å². The monoisotopic (exact) mass is 522 g/mol. The van der Waals surface area contributed by atoms with Gasteiger partial charge in [-0.25, -0.2) is 0 Å². The molecule has 1 aromatic rings. The van der Waals surface area contributed by atoms with E-state index in [1.54, 1.807) is 0 Å². The summed E-state index contributed by atoms with van der Waals surface area (Å²) in [5.41, 5.74) is 0. The summed E-state index contributed by atoms with van der Waals surface area (Å²) >= 11 is 12.1.